The summed E-state index contributed by atoms with van der Waals surface area (Å²) in [6, 6.07) is 9.72. The summed E-state index contributed by atoms with van der Waals surface area (Å²) in [5, 5.41) is 7.14. The van der Waals surface area contributed by atoms with Crippen LogP contribution in [0.5, 0.6) is 0 Å². The van der Waals surface area contributed by atoms with Crippen molar-refractivity contribution in [1.29, 1.82) is 0 Å². The lowest BCUT2D eigenvalue weighted by molar-refractivity contribution is -0.135. The summed E-state index contributed by atoms with van der Waals surface area (Å²) in [7, 11) is 0. The standard InChI is InChI=1S/C28H36N4O6.C2H6/c1-28(2,3)38-27(35)30-13-15-37-17-16-36-14-5-6-19-8-9-20-21-7-4-12-29-25(21)32(23(20)18-19)22-10-11-24(33)31-26(22)34;1-2/h4,7-9,12,18,22H,5-6,10-11,13-17H2,1-3H3,(H,30,35)(H,31,33,34);1-2H3. The summed E-state index contributed by atoms with van der Waals surface area (Å²) in [5.41, 5.74) is 2.31. The van der Waals surface area contributed by atoms with Crippen molar-refractivity contribution >= 4 is 39.8 Å². The number of fused-ring (bicyclic) bond motifs is 3. The zero-order valence-electron chi connectivity index (χ0n) is 24.2. The van der Waals surface area contributed by atoms with Crippen molar-refractivity contribution in [2.45, 2.75) is 71.9 Å². The summed E-state index contributed by atoms with van der Waals surface area (Å²) in [6.45, 7) is 11.7. The van der Waals surface area contributed by atoms with Crippen LogP contribution in [0.2, 0.25) is 0 Å². The molecule has 3 aromatic rings. The number of hydrogen-bond donors (Lipinski definition) is 2. The Morgan fingerprint density at radius 1 is 1.07 bits per heavy atom. The highest BCUT2D eigenvalue weighted by Crippen LogP contribution is 2.34. The molecule has 10 heteroatoms. The Bertz CT molecular complexity index is 1300. The average Bonchev–Trinajstić information content (AvgIpc) is 3.23. The average molecular weight is 555 g/mol. The van der Waals surface area contributed by atoms with E-state index in [-0.39, 0.29) is 11.8 Å². The quantitative estimate of drug-likeness (QED) is 0.261. The van der Waals surface area contributed by atoms with Crippen LogP contribution in [0.3, 0.4) is 0 Å². The van der Waals surface area contributed by atoms with Gasteiger partial charge in [0.2, 0.25) is 11.8 Å². The van der Waals surface area contributed by atoms with E-state index in [2.05, 4.69) is 33.8 Å². The van der Waals surface area contributed by atoms with Gasteiger partial charge in [-0.15, -0.1) is 0 Å². The Balaban J connectivity index is 0.00000216. The molecule has 40 heavy (non-hydrogen) atoms. The van der Waals surface area contributed by atoms with Crippen LogP contribution in [-0.4, -0.2) is 66.0 Å². The van der Waals surface area contributed by atoms with Crippen molar-refractivity contribution in [3.05, 3.63) is 42.1 Å². The van der Waals surface area contributed by atoms with Crippen LogP contribution in [0, 0.1) is 0 Å². The molecule has 4 rings (SSSR count). The molecule has 3 heterocycles. The maximum atomic E-state index is 12.7. The molecule has 0 bridgehead atoms. The predicted octanol–water partition coefficient (Wildman–Crippen LogP) is 4.68. The zero-order chi connectivity index (χ0) is 29.1. The van der Waals surface area contributed by atoms with Crippen molar-refractivity contribution in [1.82, 2.24) is 20.2 Å². The molecular weight excluding hydrogens is 512 g/mol. The minimum absolute atomic E-state index is 0.233. The van der Waals surface area contributed by atoms with Gasteiger partial charge >= 0.3 is 6.09 Å². The van der Waals surface area contributed by atoms with Crippen molar-refractivity contribution in [2.75, 3.05) is 33.0 Å². The number of nitrogens with zero attached hydrogens (tertiary/aromatic N) is 2. The molecule has 218 valence electrons. The molecule has 1 aliphatic heterocycles. The third kappa shape index (κ3) is 8.50. The van der Waals surface area contributed by atoms with Crippen LogP contribution in [0.4, 0.5) is 4.79 Å². The minimum atomic E-state index is -0.520. The third-order valence-electron chi connectivity index (χ3n) is 6.19. The summed E-state index contributed by atoms with van der Waals surface area (Å²) in [5.74, 6) is -0.518. The Kier molecular flexibility index (Phi) is 11.5. The van der Waals surface area contributed by atoms with Crippen LogP contribution < -0.4 is 10.6 Å². The Hall–Kier alpha value is -3.50. The number of benzene rings is 1. The van der Waals surface area contributed by atoms with Crippen molar-refractivity contribution in [3.63, 3.8) is 0 Å². The number of nitrogens with one attached hydrogen (secondary N) is 2. The van der Waals surface area contributed by atoms with Crippen molar-refractivity contribution in [2.24, 2.45) is 0 Å². The van der Waals surface area contributed by atoms with Crippen LogP contribution >= 0.6 is 0 Å². The number of alkyl carbamates (subject to hydrolysis) is 1. The van der Waals surface area contributed by atoms with Gasteiger partial charge in [0.25, 0.3) is 0 Å². The molecule has 1 saturated heterocycles. The molecule has 1 fully saturated rings. The van der Waals surface area contributed by atoms with Crippen LogP contribution in [0.25, 0.3) is 21.9 Å². The van der Waals surface area contributed by atoms with Crippen LogP contribution in [-0.2, 0) is 30.2 Å². The number of piperidine rings is 1. The molecule has 0 aliphatic carbocycles. The number of imide groups is 1. The lowest BCUT2D eigenvalue weighted by Crippen LogP contribution is -2.41. The van der Waals surface area contributed by atoms with E-state index in [0.717, 1.165) is 40.3 Å². The van der Waals surface area contributed by atoms with E-state index in [1.54, 1.807) is 6.20 Å². The maximum absolute atomic E-state index is 12.7. The number of aromatic nitrogens is 2. The molecule has 2 aromatic heterocycles. The van der Waals surface area contributed by atoms with Gasteiger partial charge in [-0.05, 0) is 63.8 Å². The number of aryl methyl sites for hydroxylation is 1. The van der Waals surface area contributed by atoms with E-state index >= 15 is 0 Å². The van der Waals surface area contributed by atoms with Gasteiger partial charge < -0.3 is 24.1 Å². The van der Waals surface area contributed by atoms with Gasteiger partial charge in [0.15, 0.2) is 0 Å². The van der Waals surface area contributed by atoms with Gasteiger partial charge in [-0.2, -0.15) is 0 Å². The van der Waals surface area contributed by atoms with E-state index in [0.29, 0.717) is 45.8 Å². The normalized spacial score (nSPS) is 15.5. The Morgan fingerprint density at radius 3 is 2.55 bits per heavy atom. The number of hydrogen-bond acceptors (Lipinski definition) is 7. The molecule has 3 amide bonds. The van der Waals surface area contributed by atoms with Gasteiger partial charge in [0.05, 0.1) is 25.3 Å². The van der Waals surface area contributed by atoms with Gasteiger partial charge in [-0.3, -0.25) is 14.9 Å². The molecule has 2 N–H and O–H groups in total. The fourth-order valence-corrected chi connectivity index (χ4v) is 4.56. The number of carbonyl (C=O) groups is 3. The summed E-state index contributed by atoms with van der Waals surface area (Å²) < 4.78 is 18.3. The number of ether oxygens (including phenoxy) is 3. The monoisotopic (exact) mass is 554 g/mol. The Labute approximate surface area is 235 Å². The fourth-order valence-electron chi connectivity index (χ4n) is 4.56. The smallest absolute Gasteiger partial charge is 0.407 e. The summed E-state index contributed by atoms with van der Waals surface area (Å²) in [4.78, 5) is 40.5. The zero-order valence-corrected chi connectivity index (χ0v) is 24.2. The van der Waals surface area contributed by atoms with E-state index in [4.69, 9.17) is 14.2 Å². The van der Waals surface area contributed by atoms with Gasteiger partial charge in [-0.25, -0.2) is 9.78 Å². The number of amides is 3. The first-order chi connectivity index (χ1) is 19.2. The lowest BCUT2D eigenvalue weighted by Gasteiger charge is -2.23. The number of pyridine rings is 1. The molecule has 0 radical (unpaired) electrons. The van der Waals surface area contributed by atoms with E-state index in [9.17, 15) is 14.4 Å². The number of carbonyl (C=O) groups excluding carboxylic acids is 3. The molecule has 0 spiro atoms. The second kappa shape index (κ2) is 14.8. The molecule has 0 saturated carbocycles. The number of rotatable bonds is 11. The van der Waals surface area contributed by atoms with Crippen LogP contribution in [0.1, 0.15) is 65.5 Å². The third-order valence-corrected chi connectivity index (χ3v) is 6.19. The highest BCUT2D eigenvalue weighted by molar-refractivity contribution is 6.09. The first-order valence-corrected chi connectivity index (χ1v) is 14.1. The summed E-state index contributed by atoms with van der Waals surface area (Å²) in [6.07, 6.45) is 3.69. The highest BCUT2D eigenvalue weighted by Gasteiger charge is 2.30. The summed E-state index contributed by atoms with van der Waals surface area (Å²) >= 11 is 0. The van der Waals surface area contributed by atoms with Gasteiger partial charge in [0.1, 0.15) is 17.3 Å². The van der Waals surface area contributed by atoms with E-state index in [1.807, 2.05) is 51.3 Å². The molecule has 1 aliphatic rings. The van der Waals surface area contributed by atoms with Crippen LogP contribution in [0.15, 0.2) is 36.5 Å². The van der Waals surface area contributed by atoms with Gasteiger partial charge in [0, 0.05) is 36.5 Å². The highest BCUT2D eigenvalue weighted by atomic mass is 16.6. The predicted molar refractivity (Wildman–Crippen MR) is 154 cm³/mol. The minimum Gasteiger partial charge on any atom is -0.444 e. The molecule has 10 nitrogen and oxygen atoms in total. The molecular formula is C30H42N4O6. The topological polar surface area (TPSA) is 121 Å². The second-order valence-electron chi connectivity index (χ2n) is 10.3. The van der Waals surface area contributed by atoms with Crippen molar-refractivity contribution in [3.8, 4) is 0 Å². The first-order valence-electron chi connectivity index (χ1n) is 14.1. The second-order valence-corrected chi connectivity index (χ2v) is 10.3. The van der Waals surface area contributed by atoms with E-state index in [1.165, 1.54) is 0 Å². The molecule has 1 unspecified atom stereocenters. The van der Waals surface area contributed by atoms with Gasteiger partial charge in [-0.1, -0.05) is 26.0 Å². The molecule has 1 atom stereocenters. The largest absolute Gasteiger partial charge is 0.444 e. The maximum Gasteiger partial charge on any atom is 0.407 e. The lowest BCUT2D eigenvalue weighted by atomic mass is 10.0. The van der Waals surface area contributed by atoms with Crippen molar-refractivity contribution < 1.29 is 28.6 Å². The molecule has 1 aromatic carbocycles. The first kappa shape index (κ1) is 31.0. The SMILES string of the molecule is CC.CC(C)(C)OC(=O)NCCOCCOCCCc1ccc2c3cccnc3n(C3CCC(=O)NC3=O)c2c1. The Morgan fingerprint density at radius 2 is 1.82 bits per heavy atom. The fraction of sp³-hybridized carbons (Fsp3) is 0.533. The van der Waals surface area contributed by atoms with E-state index < -0.39 is 17.7 Å².